The van der Waals surface area contributed by atoms with Gasteiger partial charge in [0, 0.05) is 23.7 Å². The summed E-state index contributed by atoms with van der Waals surface area (Å²) < 4.78 is 15.8. The van der Waals surface area contributed by atoms with Gasteiger partial charge in [-0.15, -0.1) is 0 Å². The number of benzene rings is 2. The van der Waals surface area contributed by atoms with Crippen LogP contribution in [0.15, 0.2) is 36.4 Å². The van der Waals surface area contributed by atoms with E-state index in [1.807, 2.05) is 31.2 Å². The maximum absolute atomic E-state index is 12.6. The van der Waals surface area contributed by atoms with Crippen LogP contribution >= 0.6 is 0 Å². The quantitative estimate of drug-likeness (QED) is 0.576. The number of hydrogen-bond donors (Lipinski definition) is 1. The van der Waals surface area contributed by atoms with Crippen LogP contribution in [0.2, 0.25) is 0 Å². The molecule has 0 saturated heterocycles. The molecule has 0 aliphatic heterocycles. The van der Waals surface area contributed by atoms with Crippen molar-refractivity contribution in [1.29, 1.82) is 0 Å². The molecule has 1 N–H and O–H groups in total. The van der Waals surface area contributed by atoms with Crippen molar-refractivity contribution >= 4 is 22.7 Å². The first-order valence-electron chi connectivity index (χ1n) is 9.92. The smallest absolute Gasteiger partial charge is 0.251 e. The molecule has 3 aromatic rings. The molecule has 0 unspecified atom stereocenters. The number of methoxy groups -OCH3 is 3. The topological polar surface area (TPSA) is 103 Å². The minimum absolute atomic E-state index is 0.182. The number of likely N-dealkylation sites (N-methyl/N-ethyl adjacent to an activating group) is 1. The third-order valence-corrected chi connectivity index (χ3v) is 4.97. The van der Waals surface area contributed by atoms with Crippen LogP contribution in [0.3, 0.4) is 0 Å². The number of carbonyl (C=O) groups excluding carboxylic acids is 2. The van der Waals surface area contributed by atoms with E-state index in [4.69, 9.17) is 14.2 Å². The van der Waals surface area contributed by atoms with Gasteiger partial charge in [-0.05, 0) is 25.1 Å². The highest BCUT2D eigenvalue weighted by Crippen LogP contribution is 2.38. The zero-order valence-corrected chi connectivity index (χ0v) is 18.8. The summed E-state index contributed by atoms with van der Waals surface area (Å²) in [4.78, 5) is 35.6. The molecule has 32 heavy (non-hydrogen) atoms. The molecule has 2 aromatic carbocycles. The molecule has 9 nitrogen and oxygen atoms in total. The van der Waals surface area contributed by atoms with E-state index in [1.165, 1.54) is 38.4 Å². The van der Waals surface area contributed by atoms with Crippen LogP contribution < -0.4 is 19.5 Å². The summed E-state index contributed by atoms with van der Waals surface area (Å²) in [6.45, 7) is 1.95. The molecule has 1 aromatic heterocycles. The van der Waals surface area contributed by atoms with Gasteiger partial charge in [-0.25, -0.2) is 9.97 Å². The van der Waals surface area contributed by atoms with Crippen LogP contribution in [0.4, 0.5) is 0 Å². The number of aromatic nitrogens is 2. The summed E-state index contributed by atoms with van der Waals surface area (Å²) in [6.07, 6.45) is 0. The second-order valence-electron chi connectivity index (χ2n) is 7.09. The van der Waals surface area contributed by atoms with Gasteiger partial charge < -0.3 is 24.4 Å². The van der Waals surface area contributed by atoms with Gasteiger partial charge in [-0.1, -0.05) is 18.2 Å². The lowest BCUT2D eigenvalue weighted by molar-refractivity contribution is -0.129. The predicted octanol–water partition coefficient (Wildman–Crippen LogP) is 2.35. The van der Waals surface area contributed by atoms with Gasteiger partial charge in [0.15, 0.2) is 11.5 Å². The van der Waals surface area contributed by atoms with Crippen molar-refractivity contribution in [2.45, 2.75) is 13.5 Å². The fourth-order valence-electron chi connectivity index (χ4n) is 3.27. The number of ether oxygens (including phenoxy) is 3. The molecule has 0 radical (unpaired) electrons. The Kier molecular flexibility index (Phi) is 7.09. The molecule has 0 aliphatic rings. The van der Waals surface area contributed by atoms with Crippen molar-refractivity contribution in [3.8, 4) is 17.2 Å². The van der Waals surface area contributed by atoms with Gasteiger partial charge in [-0.3, -0.25) is 9.59 Å². The van der Waals surface area contributed by atoms with E-state index in [-0.39, 0.29) is 24.6 Å². The Labute approximate surface area is 186 Å². The number of nitrogens with one attached hydrogen (secondary N) is 1. The number of hydrogen-bond acceptors (Lipinski definition) is 7. The minimum atomic E-state index is -0.441. The highest BCUT2D eigenvalue weighted by Gasteiger charge is 2.18. The lowest BCUT2D eigenvalue weighted by Gasteiger charge is -2.18. The highest BCUT2D eigenvalue weighted by atomic mass is 16.5. The molecule has 168 valence electrons. The predicted molar refractivity (Wildman–Crippen MR) is 119 cm³/mol. The molecule has 2 amide bonds. The summed E-state index contributed by atoms with van der Waals surface area (Å²) in [5.41, 5.74) is 1.96. The Hall–Kier alpha value is -3.88. The van der Waals surface area contributed by atoms with Crippen LogP contribution in [0.1, 0.15) is 21.9 Å². The molecular weight excluding hydrogens is 412 g/mol. The normalized spacial score (nSPS) is 10.5. The third-order valence-electron chi connectivity index (χ3n) is 4.97. The van der Waals surface area contributed by atoms with Crippen molar-refractivity contribution in [2.75, 3.05) is 34.9 Å². The average molecular weight is 438 g/mol. The van der Waals surface area contributed by atoms with Crippen molar-refractivity contribution in [1.82, 2.24) is 20.2 Å². The summed E-state index contributed by atoms with van der Waals surface area (Å²) >= 11 is 0. The third kappa shape index (κ3) is 4.88. The first-order valence-corrected chi connectivity index (χ1v) is 9.92. The Morgan fingerprint density at radius 3 is 2.28 bits per heavy atom. The zero-order valence-electron chi connectivity index (χ0n) is 18.8. The van der Waals surface area contributed by atoms with Gasteiger partial charge >= 0.3 is 0 Å². The summed E-state index contributed by atoms with van der Waals surface area (Å²) in [6, 6.07) is 10.8. The number of nitrogens with zero attached hydrogens (tertiary/aromatic N) is 3. The van der Waals surface area contributed by atoms with E-state index in [9.17, 15) is 9.59 Å². The number of amides is 2. The van der Waals surface area contributed by atoms with E-state index >= 15 is 0 Å². The van der Waals surface area contributed by atoms with Gasteiger partial charge in [0.2, 0.25) is 11.7 Å². The number of rotatable bonds is 8. The molecule has 0 spiro atoms. The Balaban J connectivity index is 1.66. The molecule has 0 atom stereocenters. The molecule has 9 heteroatoms. The summed E-state index contributed by atoms with van der Waals surface area (Å²) in [5, 5.41) is 3.60. The van der Waals surface area contributed by atoms with Gasteiger partial charge in [0.1, 0.15) is 5.82 Å². The van der Waals surface area contributed by atoms with Gasteiger partial charge in [-0.2, -0.15) is 0 Å². The fraction of sp³-hybridized carbons (Fsp3) is 0.304. The summed E-state index contributed by atoms with van der Waals surface area (Å²) in [7, 11) is 6.05. The second-order valence-corrected chi connectivity index (χ2v) is 7.09. The van der Waals surface area contributed by atoms with Crippen LogP contribution in [0.25, 0.3) is 10.9 Å². The van der Waals surface area contributed by atoms with Gasteiger partial charge in [0.25, 0.3) is 5.91 Å². The van der Waals surface area contributed by atoms with Crippen molar-refractivity contribution in [2.24, 2.45) is 0 Å². The molecule has 1 heterocycles. The van der Waals surface area contributed by atoms with E-state index in [0.29, 0.717) is 23.1 Å². The molecule has 0 fully saturated rings. The first-order chi connectivity index (χ1) is 15.4. The van der Waals surface area contributed by atoms with Crippen LogP contribution in [-0.4, -0.2) is 61.6 Å². The minimum Gasteiger partial charge on any atom is -0.493 e. The molecule has 3 rings (SSSR count). The monoisotopic (exact) mass is 438 g/mol. The van der Waals surface area contributed by atoms with Crippen molar-refractivity contribution in [3.05, 3.63) is 53.5 Å². The average Bonchev–Trinajstić information content (AvgIpc) is 2.81. The second kappa shape index (κ2) is 9.95. The number of carbonyl (C=O) groups is 2. The maximum Gasteiger partial charge on any atom is 0.251 e. The highest BCUT2D eigenvalue weighted by molar-refractivity contribution is 5.97. The lowest BCUT2D eigenvalue weighted by Crippen LogP contribution is -2.38. The number of aryl methyl sites for hydroxylation is 1. The van der Waals surface area contributed by atoms with Crippen LogP contribution in [-0.2, 0) is 11.3 Å². The van der Waals surface area contributed by atoms with Crippen molar-refractivity contribution < 1.29 is 23.8 Å². The Bertz CT molecular complexity index is 1120. The van der Waals surface area contributed by atoms with Gasteiger partial charge in [0.05, 0.1) is 39.9 Å². The Morgan fingerprint density at radius 1 is 1.00 bits per heavy atom. The molecular formula is C23H26N4O5. The van der Waals surface area contributed by atoms with Crippen molar-refractivity contribution in [3.63, 3.8) is 0 Å². The molecule has 0 saturated carbocycles. The molecule has 0 bridgehead atoms. The largest absolute Gasteiger partial charge is 0.493 e. The van der Waals surface area contributed by atoms with E-state index < -0.39 is 5.91 Å². The lowest BCUT2D eigenvalue weighted by atomic mass is 10.1. The number of para-hydroxylation sites is 1. The SMILES string of the molecule is COc1cc(C(=O)NCC(=O)N(C)Cc2nc(C)c3ccccc3n2)cc(OC)c1OC. The zero-order chi connectivity index (χ0) is 23.3. The number of fused-ring (bicyclic) bond motifs is 1. The Morgan fingerprint density at radius 2 is 1.66 bits per heavy atom. The standard InChI is InChI=1S/C23H26N4O5/c1-14-16-8-6-7-9-17(16)26-20(25-14)13-27(2)21(28)12-24-23(29)15-10-18(30-3)22(32-5)19(11-15)31-4/h6-11H,12-13H2,1-5H3,(H,24,29). The van der Waals surface area contributed by atoms with E-state index in [2.05, 4.69) is 15.3 Å². The first kappa shape index (κ1) is 22.8. The van der Waals surface area contributed by atoms with E-state index in [1.54, 1.807) is 7.05 Å². The van der Waals surface area contributed by atoms with Crippen LogP contribution in [0.5, 0.6) is 17.2 Å². The fourth-order valence-corrected chi connectivity index (χ4v) is 3.27. The maximum atomic E-state index is 12.6. The molecule has 0 aliphatic carbocycles. The van der Waals surface area contributed by atoms with Crippen LogP contribution in [0, 0.1) is 6.92 Å². The summed E-state index contributed by atoms with van der Waals surface area (Å²) in [5.74, 6) is 0.901. The van der Waals surface area contributed by atoms with E-state index in [0.717, 1.165) is 16.6 Å².